The number of amides is 1. The minimum atomic E-state index is -4.71. The van der Waals surface area contributed by atoms with Crippen LogP contribution in [0.1, 0.15) is 10.4 Å². The number of nitrogens with one attached hydrogen (secondary N) is 2. The van der Waals surface area contributed by atoms with Gasteiger partial charge in [0.25, 0.3) is 11.6 Å². The van der Waals surface area contributed by atoms with E-state index in [9.17, 15) is 36.5 Å². The number of carbonyl (C=O) groups excluding carboxylic acids is 1. The van der Waals surface area contributed by atoms with Crippen LogP contribution in [0.3, 0.4) is 0 Å². The molecule has 0 fully saturated rings. The van der Waals surface area contributed by atoms with Crippen molar-refractivity contribution in [2.24, 2.45) is 0 Å². The lowest BCUT2D eigenvalue weighted by atomic mass is 10.1. The van der Waals surface area contributed by atoms with Gasteiger partial charge in [-0.15, -0.1) is 0 Å². The van der Waals surface area contributed by atoms with E-state index in [0.29, 0.717) is 0 Å². The highest BCUT2D eigenvalue weighted by atomic mass is 32.2. The lowest BCUT2D eigenvalue weighted by Crippen LogP contribution is -2.33. The summed E-state index contributed by atoms with van der Waals surface area (Å²) >= 11 is 0. The van der Waals surface area contributed by atoms with Gasteiger partial charge < -0.3 is 9.88 Å². The highest BCUT2D eigenvalue weighted by molar-refractivity contribution is 7.89. The predicted octanol–water partition coefficient (Wildman–Crippen LogP) is 2.87. The first-order valence-corrected chi connectivity index (χ1v) is 10.2. The van der Waals surface area contributed by atoms with Crippen LogP contribution in [0, 0.1) is 10.1 Å². The van der Waals surface area contributed by atoms with Gasteiger partial charge in [0.15, 0.2) is 0 Å². The molecule has 2 aromatic carbocycles. The summed E-state index contributed by atoms with van der Waals surface area (Å²) in [6.07, 6.45) is -0.410. The third-order valence-corrected chi connectivity index (χ3v) is 5.52. The molecule has 2 N–H and O–H groups in total. The zero-order chi connectivity index (χ0) is 23.5. The van der Waals surface area contributed by atoms with Crippen LogP contribution in [0.15, 0.2) is 66.1 Å². The lowest BCUT2D eigenvalue weighted by molar-refractivity contribution is -0.384. The molecule has 0 bridgehead atoms. The summed E-state index contributed by atoms with van der Waals surface area (Å²) < 4.78 is 63.3. The van der Waals surface area contributed by atoms with Gasteiger partial charge in [-0.25, -0.2) is 18.1 Å². The number of imidazole rings is 1. The molecule has 0 unspecified atom stereocenters. The molecule has 0 spiro atoms. The fraction of sp³-hybridized carbons (Fsp3) is 0.111. The molecular weight excluding hydrogens is 455 g/mol. The van der Waals surface area contributed by atoms with Crippen molar-refractivity contribution in [3.8, 4) is 5.69 Å². The predicted molar refractivity (Wildman–Crippen MR) is 106 cm³/mol. The minimum Gasteiger partial charge on any atom is -0.322 e. The summed E-state index contributed by atoms with van der Waals surface area (Å²) in [4.78, 5) is 26.6. The molecule has 0 saturated heterocycles. The van der Waals surface area contributed by atoms with Crippen molar-refractivity contribution in [1.29, 1.82) is 0 Å². The minimum absolute atomic E-state index is 0.0379. The van der Waals surface area contributed by atoms with Crippen LogP contribution in [-0.4, -0.2) is 41.5 Å². The van der Waals surface area contributed by atoms with E-state index in [4.69, 9.17) is 0 Å². The van der Waals surface area contributed by atoms with E-state index in [1.165, 1.54) is 52.3 Å². The van der Waals surface area contributed by atoms with Gasteiger partial charge in [0.05, 0.1) is 16.1 Å². The largest absolute Gasteiger partial charge is 0.402 e. The van der Waals surface area contributed by atoms with Gasteiger partial charge in [-0.05, 0) is 36.4 Å². The van der Waals surface area contributed by atoms with Gasteiger partial charge in [-0.2, -0.15) is 13.2 Å². The maximum Gasteiger partial charge on any atom is 0.402 e. The Labute approximate surface area is 178 Å². The second-order valence-electron chi connectivity index (χ2n) is 6.35. The zero-order valence-corrected chi connectivity index (χ0v) is 16.7. The van der Waals surface area contributed by atoms with Crippen LogP contribution in [0.2, 0.25) is 0 Å². The SMILES string of the molecule is O=C(Nc1ccc(S(=O)(=O)NCC(F)(F)F)cc1)c1ccc(-n2ccnc2)c([N+](=O)[O-])c1. The molecule has 0 atom stereocenters. The first-order chi connectivity index (χ1) is 15.0. The monoisotopic (exact) mass is 469 g/mol. The lowest BCUT2D eigenvalue weighted by Gasteiger charge is -2.10. The van der Waals surface area contributed by atoms with E-state index in [0.717, 1.165) is 18.2 Å². The second-order valence-corrected chi connectivity index (χ2v) is 8.12. The Morgan fingerprint density at radius 1 is 1.16 bits per heavy atom. The van der Waals surface area contributed by atoms with Crippen molar-refractivity contribution < 1.29 is 31.3 Å². The maximum absolute atomic E-state index is 12.5. The zero-order valence-electron chi connectivity index (χ0n) is 15.9. The van der Waals surface area contributed by atoms with Gasteiger partial charge in [0, 0.05) is 29.7 Å². The molecular formula is C18H14F3N5O5S. The molecule has 0 aliphatic carbocycles. The number of nitrogens with zero attached hydrogens (tertiary/aromatic N) is 3. The van der Waals surface area contributed by atoms with Crippen molar-refractivity contribution in [2.45, 2.75) is 11.1 Å². The number of anilines is 1. The number of nitro groups is 1. The van der Waals surface area contributed by atoms with Crippen LogP contribution >= 0.6 is 0 Å². The molecule has 1 amide bonds. The quantitative estimate of drug-likeness (QED) is 0.403. The van der Waals surface area contributed by atoms with Crippen molar-refractivity contribution >= 4 is 27.3 Å². The fourth-order valence-corrected chi connectivity index (χ4v) is 3.63. The number of alkyl halides is 3. The Hall–Kier alpha value is -3.78. The summed E-state index contributed by atoms with van der Waals surface area (Å²) in [7, 11) is -4.40. The summed E-state index contributed by atoms with van der Waals surface area (Å²) in [5.41, 5.74) is -0.0481. The summed E-state index contributed by atoms with van der Waals surface area (Å²) in [6, 6.07) is 8.18. The molecule has 14 heteroatoms. The number of nitro benzene ring substituents is 1. The molecule has 0 radical (unpaired) electrons. The second kappa shape index (κ2) is 8.76. The maximum atomic E-state index is 12.5. The first-order valence-electron chi connectivity index (χ1n) is 8.71. The van der Waals surface area contributed by atoms with Crippen LogP contribution in [0.5, 0.6) is 0 Å². The van der Waals surface area contributed by atoms with E-state index in [-0.39, 0.29) is 22.6 Å². The normalized spacial score (nSPS) is 11.8. The molecule has 3 rings (SSSR count). The number of rotatable bonds is 7. The Balaban J connectivity index is 1.76. The Morgan fingerprint density at radius 2 is 1.84 bits per heavy atom. The van der Waals surface area contributed by atoms with Gasteiger partial charge in [-0.1, -0.05) is 0 Å². The molecule has 168 valence electrons. The molecule has 0 aliphatic heterocycles. The van der Waals surface area contributed by atoms with Crippen molar-refractivity contribution in [3.05, 3.63) is 76.9 Å². The molecule has 0 aliphatic rings. The van der Waals surface area contributed by atoms with E-state index < -0.39 is 38.5 Å². The van der Waals surface area contributed by atoms with Gasteiger partial charge >= 0.3 is 6.18 Å². The van der Waals surface area contributed by atoms with E-state index in [1.54, 1.807) is 0 Å². The van der Waals surface area contributed by atoms with Crippen molar-refractivity contribution in [3.63, 3.8) is 0 Å². The Morgan fingerprint density at radius 3 is 2.41 bits per heavy atom. The van der Waals surface area contributed by atoms with Crippen molar-refractivity contribution in [2.75, 3.05) is 11.9 Å². The van der Waals surface area contributed by atoms with Gasteiger partial charge in [0.2, 0.25) is 10.0 Å². The fourth-order valence-electron chi connectivity index (χ4n) is 2.61. The van der Waals surface area contributed by atoms with Crippen LogP contribution in [-0.2, 0) is 10.0 Å². The van der Waals surface area contributed by atoms with E-state index in [1.807, 2.05) is 0 Å². The molecule has 1 heterocycles. The number of aromatic nitrogens is 2. The van der Waals surface area contributed by atoms with Crippen LogP contribution in [0.4, 0.5) is 24.5 Å². The van der Waals surface area contributed by atoms with E-state index >= 15 is 0 Å². The third kappa shape index (κ3) is 5.47. The highest BCUT2D eigenvalue weighted by Gasteiger charge is 2.30. The van der Waals surface area contributed by atoms with Crippen LogP contribution in [0.25, 0.3) is 5.69 Å². The number of hydrogen-bond donors (Lipinski definition) is 2. The average molecular weight is 469 g/mol. The number of carbonyl (C=O) groups is 1. The molecule has 10 nitrogen and oxygen atoms in total. The Bertz CT molecular complexity index is 1240. The number of benzene rings is 2. The summed E-state index contributed by atoms with van der Waals surface area (Å²) in [6.45, 7) is -1.72. The number of hydrogen-bond acceptors (Lipinski definition) is 6. The molecule has 0 saturated carbocycles. The average Bonchev–Trinajstić information content (AvgIpc) is 3.26. The molecule has 3 aromatic rings. The van der Waals surface area contributed by atoms with Gasteiger partial charge in [-0.3, -0.25) is 14.9 Å². The summed E-state index contributed by atoms with van der Waals surface area (Å²) in [5.74, 6) is -0.712. The third-order valence-electron chi connectivity index (χ3n) is 4.10. The van der Waals surface area contributed by atoms with Gasteiger partial charge in [0.1, 0.15) is 12.2 Å². The standard InChI is InChI=1S/C18H14F3N5O5S/c19-18(20,21)10-23-32(30,31)14-4-2-13(3-5-14)24-17(27)12-1-6-15(16(9-12)26(28)29)25-8-7-22-11-25/h1-9,11,23H,10H2,(H,24,27). The highest BCUT2D eigenvalue weighted by Crippen LogP contribution is 2.25. The molecule has 32 heavy (non-hydrogen) atoms. The summed E-state index contributed by atoms with van der Waals surface area (Å²) in [5, 5.41) is 13.8. The van der Waals surface area contributed by atoms with Crippen LogP contribution < -0.4 is 10.0 Å². The van der Waals surface area contributed by atoms with E-state index in [2.05, 4.69) is 10.3 Å². The Kier molecular flexibility index (Phi) is 6.27. The number of sulfonamides is 1. The molecule has 1 aromatic heterocycles. The number of halogens is 3. The van der Waals surface area contributed by atoms with Crippen molar-refractivity contribution in [1.82, 2.24) is 14.3 Å². The first kappa shape index (κ1) is 22.9. The topological polar surface area (TPSA) is 136 Å². The smallest absolute Gasteiger partial charge is 0.322 e.